The highest BCUT2D eigenvalue weighted by Gasteiger charge is 2.37. The molecular weight excluding hydrogens is 503 g/mol. The van der Waals surface area contributed by atoms with Crippen molar-refractivity contribution in [2.75, 3.05) is 31.5 Å². The molecule has 3 aromatic carbocycles. The predicted molar refractivity (Wildman–Crippen MR) is 150 cm³/mol. The van der Waals surface area contributed by atoms with Crippen molar-refractivity contribution < 1.29 is 4.79 Å². The van der Waals surface area contributed by atoms with Crippen LogP contribution >= 0.6 is 23.2 Å². The van der Waals surface area contributed by atoms with Crippen molar-refractivity contribution in [3.8, 4) is 17.2 Å². The Morgan fingerprint density at radius 2 is 1.68 bits per heavy atom. The van der Waals surface area contributed by atoms with Gasteiger partial charge in [-0.1, -0.05) is 59.6 Å². The monoisotopic (exact) mass is 532 g/mol. The Morgan fingerprint density at radius 3 is 2.32 bits per heavy atom. The smallest absolute Gasteiger partial charge is 0.321 e. The molecule has 2 N–H and O–H groups in total. The van der Waals surface area contributed by atoms with Gasteiger partial charge >= 0.3 is 6.03 Å². The van der Waals surface area contributed by atoms with E-state index >= 15 is 0 Å². The van der Waals surface area contributed by atoms with Crippen LogP contribution in [0.3, 0.4) is 0 Å². The van der Waals surface area contributed by atoms with E-state index in [0.29, 0.717) is 34.4 Å². The van der Waals surface area contributed by atoms with Crippen molar-refractivity contribution in [1.29, 1.82) is 5.26 Å². The van der Waals surface area contributed by atoms with Crippen LogP contribution in [0, 0.1) is 17.2 Å². The molecule has 1 heterocycles. The lowest BCUT2D eigenvalue weighted by Crippen LogP contribution is -2.50. The van der Waals surface area contributed by atoms with E-state index < -0.39 is 0 Å². The van der Waals surface area contributed by atoms with Gasteiger partial charge in [0.25, 0.3) is 0 Å². The number of anilines is 1. The van der Waals surface area contributed by atoms with E-state index in [9.17, 15) is 10.1 Å². The van der Waals surface area contributed by atoms with Gasteiger partial charge in [-0.2, -0.15) is 5.26 Å². The van der Waals surface area contributed by atoms with Crippen LogP contribution in [0.5, 0.6) is 0 Å². The second kappa shape index (κ2) is 11.1. The van der Waals surface area contributed by atoms with Gasteiger partial charge in [-0.05, 0) is 85.2 Å². The van der Waals surface area contributed by atoms with Gasteiger partial charge in [0, 0.05) is 40.8 Å². The number of nitriles is 1. The van der Waals surface area contributed by atoms with E-state index in [0.717, 1.165) is 43.0 Å². The molecular formula is C30H30Cl2N4O. The summed E-state index contributed by atoms with van der Waals surface area (Å²) in [7, 11) is 0. The van der Waals surface area contributed by atoms with Crippen LogP contribution in [-0.4, -0.2) is 37.1 Å². The molecule has 3 aromatic rings. The van der Waals surface area contributed by atoms with Crippen molar-refractivity contribution in [3.05, 3.63) is 87.9 Å². The maximum atomic E-state index is 13.0. The average Bonchev–Trinajstić information content (AvgIpc) is 3.73. The molecule has 1 aliphatic heterocycles. The fraction of sp³-hybridized carbons (Fsp3) is 0.333. The van der Waals surface area contributed by atoms with Crippen molar-refractivity contribution in [2.45, 2.75) is 31.1 Å². The zero-order chi connectivity index (χ0) is 25.8. The van der Waals surface area contributed by atoms with Gasteiger partial charge < -0.3 is 15.5 Å². The van der Waals surface area contributed by atoms with Crippen LogP contribution in [-0.2, 0) is 5.41 Å². The number of rotatable bonds is 7. The number of piperidine rings is 1. The Kier molecular flexibility index (Phi) is 7.71. The standard InChI is InChI=1S/C30H30Cl2N4O/c31-26-15-27(32)17-28(16-26)35-29(37)36-12-10-30(11-13-36,20-34-19-21-4-5-21)25-8-6-23(7-9-25)24-3-1-2-22(14-24)18-33/h1-3,6-9,14-17,21,34H,4-5,10-13,19-20H2,(H,35,37). The first-order valence-corrected chi connectivity index (χ1v) is 13.5. The van der Waals surface area contributed by atoms with Crippen molar-refractivity contribution in [3.63, 3.8) is 0 Å². The van der Waals surface area contributed by atoms with Crippen molar-refractivity contribution in [1.82, 2.24) is 10.2 Å². The third-order valence-corrected chi connectivity index (χ3v) is 7.97. The number of hydrogen-bond donors (Lipinski definition) is 2. The third-order valence-electron chi connectivity index (χ3n) is 7.54. The maximum absolute atomic E-state index is 13.0. The first kappa shape index (κ1) is 25.6. The summed E-state index contributed by atoms with van der Waals surface area (Å²) in [6, 6.07) is 23.6. The second-order valence-corrected chi connectivity index (χ2v) is 11.1. The number of halogens is 2. The first-order valence-electron chi connectivity index (χ1n) is 12.8. The minimum atomic E-state index is -0.134. The van der Waals surface area contributed by atoms with E-state index in [1.807, 2.05) is 29.2 Å². The molecule has 2 aliphatic rings. The van der Waals surface area contributed by atoms with E-state index in [2.05, 4.69) is 41.0 Å². The molecule has 5 nitrogen and oxygen atoms in total. The Morgan fingerprint density at radius 1 is 0.973 bits per heavy atom. The highest BCUT2D eigenvalue weighted by atomic mass is 35.5. The van der Waals surface area contributed by atoms with Gasteiger partial charge in [0.2, 0.25) is 0 Å². The highest BCUT2D eigenvalue weighted by molar-refractivity contribution is 6.35. The minimum Gasteiger partial charge on any atom is -0.324 e. The predicted octanol–water partition coefficient (Wildman–Crippen LogP) is 7.10. The molecule has 2 amide bonds. The number of amides is 2. The Hall–Kier alpha value is -3.04. The molecule has 7 heteroatoms. The molecule has 0 unspecified atom stereocenters. The quantitative estimate of drug-likeness (QED) is 0.341. The van der Waals surface area contributed by atoms with Crippen molar-refractivity contribution >= 4 is 34.9 Å². The Bertz CT molecular complexity index is 1290. The molecule has 190 valence electrons. The molecule has 0 bridgehead atoms. The normalized spacial score (nSPS) is 16.7. The third kappa shape index (κ3) is 6.27. The van der Waals surface area contributed by atoms with E-state index in [1.54, 1.807) is 18.2 Å². The molecule has 0 atom stereocenters. The largest absolute Gasteiger partial charge is 0.324 e. The van der Waals surface area contributed by atoms with E-state index in [-0.39, 0.29) is 11.4 Å². The number of carbonyl (C=O) groups excluding carboxylic acids is 1. The second-order valence-electron chi connectivity index (χ2n) is 10.2. The molecule has 0 aromatic heterocycles. The van der Waals surface area contributed by atoms with Gasteiger partial charge in [-0.15, -0.1) is 0 Å². The van der Waals surface area contributed by atoms with Crippen LogP contribution in [0.2, 0.25) is 10.0 Å². The molecule has 1 saturated heterocycles. The van der Waals surface area contributed by atoms with Gasteiger partial charge in [-0.3, -0.25) is 0 Å². The molecule has 1 aliphatic carbocycles. The van der Waals surface area contributed by atoms with E-state index in [4.69, 9.17) is 23.2 Å². The summed E-state index contributed by atoms with van der Waals surface area (Å²) < 4.78 is 0. The summed E-state index contributed by atoms with van der Waals surface area (Å²) in [6.45, 7) is 3.28. The topological polar surface area (TPSA) is 68.2 Å². The SMILES string of the molecule is N#Cc1cccc(-c2ccc(C3(CNCC4CC4)CCN(C(=O)Nc4cc(Cl)cc(Cl)c4)CC3)cc2)c1. The summed E-state index contributed by atoms with van der Waals surface area (Å²) in [5.41, 5.74) is 4.64. The fourth-order valence-electron chi connectivity index (χ4n) is 5.16. The molecule has 5 rings (SSSR count). The molecule has 0 radical (unpaired) electrons. The summed E-state index contributed by atoms with van der Waals surface area (Å²) in [5.74, 6) is 0.808. The maximum Gasteiger partial charge on any atom is 0.321 e. The minimum absolute atomic E-state index is 0.0436. The fourth-order valence-corrected chi connectivity index (χ4v) is 5.68. The van der Waals surface area contributed by atoms with Gasteiger partial charge in [0.15, 0.2) is 0 Å². The lowest BCUT2D eigenvalue weighted by atomic mass is 9.72. The number of nitrogens with zero attached hydrogens (tertiary/aromatic N) is 2. The zero-order valence-electron chi connectivity index (χ0n) is 20.6. The zero-order valence-corrected chi connectivity index (χ0v) is 22.2. The summed E-state index contributed by atoms with van der Waals surface area (Å²) >= 11 is 12.2. The van der Waals surface area contributed by atoms with Crippen LogP contribution in [0.15, 0.2) is 66.7 Å². The molecule has 37 heavy (non-hydrogen) atoms. The number of nitrogens with one attached hydrogen (secondary N) is 2. The van der Waals surface area contributed by atoms with Gasteiger partial charge in [-0.25, -0.2) is 4.79 Å². The van der Waals surface area contributed by atoms with Crippen LogP contribution in [0.25, 0.3) is 11.1 Å². The Labute approximate surface area is 228 Å². The van der Waals surface area contributed by atoms with Crippen LogP contribution in [0.4, 0.5) is 10.5 Å². The lowest BCUT2D eigenvalue weighted by Gasteiger charge is -2.42. The van der Waals surface area contributed by atoms with E-state index in [1.165, 1.54) is 18.4 Å². The molecule has 2 fully saturated rings. The van der Waals surface area contributed by atoms with Gasteiger partial charge in [0.1, 0.15) is 0 Å². The first-order chi connectivity index (χ1) is 17.9. The molecule has 1 saturated carbocycles. The number of likely N-dealkylation sites (tertiary alicyclic amines) is 1. The van der Waals surface area contributed by atoms with Gasteiger partial charge in [0.05, 0.1) is 11.6 Å². The van der Waals surface area contributed by atoms with Crippen molar-refractivity contribution in [2.24, 2.45) is 5.92 Å². The van der Waals surface area contributed by atoms with Crippen LogP contribution in [0.1, 0.15) is 36.8 Å². The number of benzene rings is 3. The Balaban J connectivity index is 1.30. The average molecular weight is 534 g/mol. The number of carbonyl (C=O) groups is 1. The highest BCUT2D eigenvalue weighted by Crippen LogP contribution is 2.37. The summed E-state index contributed by atoms with van der Waals surface area (Å²) in [4.78, 5) is 14.9. The van der Waals surface area contributed by atoms with Crippen LogP contribution < -0.4 is 10.6 Å². The number of hydrogen-bond acceptors (Lipinski definition) is 3. The summed E-state index contributed by atoms with van der Waals surface area (Å²) in [5, 5.41) is 16.9. The molecule has 0 spiro atoms. The number of urea groups is 1. The summed E-state index contributed by atoms with van der Waals surface area (Å²) in [6.07, 6.45) is 4.38. The lowest BCUT2D eigenvalue weighted by molar-refractivity contribution is 0.165.